The van der Waals surface area contributed by atoms with Crippen molar-refractivity contribution in [2.75, 3.05) is 29.5 Å². The average Bonchev–Trinajstić information content (AvgIpc) is 3.36. The molecule has 7 nitrogen and oxygen atoms in total. The van der Waals surface area contributed by atoms with Gasteiger partial charge < -0.3 is 19.7 Å². The molecule has 0 radical (unpaired) electrons. The van der Waals surface area contributed by atoms with Crippen LogP contribution in [0.3, 0.4) is 0 Å². The number of amidine groups is 1. The first-order valence-corrected chi connectivity index (χ1v) is 15.5. The Hall–Kier alpha value is -3.27. The van der Waals surface area contributed by atoms with Crippen LogP contribution in [-0.4, -0.2) is 47.7 Å². The number of aromatic nitrogens is 1. The summed E-state index contributed by atoms with van der Waals surface area (Å²) in [5, 5.41) is 3.64. The Bertz CT molecular complexity index is 1280. The van der Waals surface area contributed by atoms with Gasteiger partial charge in [0.2, 0.25) is 0 Å². The van der Waals surface area contributed by atoms with Gasteiger partial charge in [0.05, 0.1) is 25.2 Å². The summed E-state index contributed by atoms with van der Waals surface area (Å²) in [6, 6.07) is 4.53. The molecule has 2 unspecified atom stereocenters. The van der Waals surface area contributed by atoms with Crippen molar-refractivity contribution in [3.05, 3.63) is 66.0 Å². The lowest BCUT2D eigenvalue weighted by Gasteiger charge is -2.36. The largest absolute Gasteiger partial charge is 0.495 e. The number of nitrogens with one attached hydrogen (secondary N) is 2. The van der Waals surface area contributed by atoms with Gasteiger partial charge in [-0.25, -0.2) is 13.8 Å². The SMILES string of the molecule is CCCCCC(CCC)N(C)C1=CN=C2C(N1)C(c1cncc(OC)c1)=CN2c1c(F)ccc(NSCCC)c1F. The summed E-state index contributed by atoms with van der Waals surface area (Å²) in [5.41, 5.74) is 1.64. The van der Waals surface area contributed by atoms with E-state index < -0.39 is 17.7 Å². The number of fused-ring (bicyclic) bond motifs is 1. The van der Waals surface area contributed by atoms with Gasteiger partial charge in [-0.15, -0.1) is 0 Å². The van der Waals surface area contributed by atoms with Crippen LogP contribution in [0.25, 0.3) is 5.57 Å². The number of anilines is 2. The highest BCUT2D eigenvalue weighted by Gasteiger charge is 2.39. The van der Waals surface area contributed by atoms with Crippen LogP contribution in [0.1, 0.15) is 71.3 Å². The van der Waals surface area contributed by atoms with Crippen molar-refractivity contribution in [1.82, 2.24) is 15.2 Å². The predicted octanol–water partition coefficient (Wildman–Crippen LogP) is 7.55. The number of benzene rings is 1. The van der Waals surface area contributed by atoms with Gasteiger partial charge in [-0.1, -0.05) is 58.4 Å². The van der Waals surface area contributed by atoms with Gasteiger partial charge in [-0.3, -0.25) is 9.88 Å². The molecule has 0 spiro atoms. The zero-order valence-electron chi connectivity index (χ0n) is 24.7. The third kappa shape index (κ3) is 6.97. The second kappa shape index (κ2) is 14.6. The van der Waals surface area contributed by atoms with Crippen LogP contribution >= 0.6 is 11.9 Å². The topological polar surface area (TPSA) is 65.0 Å². The molecule has 0 aliphatic carbocycles. The molecule has 41 heavy (non-hydrogen) atoms. The van der Waals surface area contributed by atoms with E-state index >= 15 is 8.78 Å². The first kappa shape index (κ1) is 30.7. The monoisotopic (exact) mass is 584 g/mol. The molecule has 2 aliphatic heterocycles. The lowest BCUT2D eigenvalue weighted by molar-refractivity contribution is 0.247. The van der Waals surface area contributed by atoms with Crippen LogP contribution in [0.2, 0.25) is 0 Å². The Morgan fingerprint density at radius 3 is 2.68 bits per heavy atom. The van der Waals surface area contributed by atoms with Gasteiger partial charge in [-0.05, 0) is 37.5 Å². The van der Waals surface area contributed by atoms with Gasteiger partial charge in [0.15, 0.2) is 5.82 Å². The molecule has 1 aromatic heterocycles. The number of methoxy groups -OCH3 is 1. The number of ether oxygens (including phenoxy) is 1. The van der Waals surface area contributed by atoms with Crippen LogP contribution in [0.4, 0.5) is 20.2 Å². The summed E-state index contributed by atoms with van der Waals surface area (Å²) >= 11 is 1.39. The van der Waals surface area contributed by atoms with E-state index in [2.05, 4.69) is 40.8 Å². The van der Waals surface area contributed by atoms with Gasteiger partial charge in [0, 0.05) is 42.4 Å². The van der Waals surface area contributed by atoms with E-state index in [9.17, 15) is 0 Å². The van der Waals surface area contributed by atoms with Crippen molar-refractivity contribution in [2.24, 2.45) is 4.99 Å². The van der Waals surface area contributed by atoms with Crippen molar-refractivity contribution in [1.29, 1.82) is 0 Å². The molecule has 222 valence electrons. The highest BCUT2D eigenvalue weighted by atomic mass is 32.2. The molecule has 2 atom stereocenters. The smallest absolute Gasteiger partial charge is 0.174 e. The Balaban J connectivity index is 1.74. The first-order valence-electron chi connectivity index (χ1n) is 14.6. The summed E-state index contributed by atoms with van der Waals surface area (Å²) in [7, 11) is 3.68. The molecular formula is C31H42F2N6OS. The Kier molecular flexibility index (Phi) is 10.9. The summed E-state index contributed by atoms with van der Waals surface area (Å²) in [4.78, 5) is 12.9. The number of hydrogen-bond donors (Lipinski definition) is 2. The number of rotatable bonds is 15. The first-order chi connectivity index (χ1) is 19.9. The second-order valence-corrected chi connectivity index (χ2v) is 11.3. The van der Waals surface area contributed by atoms with Crippen molar-refractivity contribution < 1.29 is 13.5 Å². The zero-order valence-corrected chi connectivity index (χ0v) is 25.5. The van der Waals surface area contributed by atoms with Crippen LogP contribution in [-0.2, 0) is 0 Å². The molecule has 0 bridgehead atoms. The maximum Gasteiger partial charge on any atom is 0.174 e. The highest BCUT2D eigenvalue weighted by Crippen LogP contribution is 2.39. The van der Waals surface area contributed by atoms with Crippen molar-refractivity contribution in [2.45, 2.75) is 77.8 Å². The lowest BCUT2D eigenvalue weighted by Crippen LogP contribution is -2.47. The minimum Gasteiger partial charge on any atom is -0.495 e. The molecule has 2 aliphatic rings. The molecule has 4 rings (SSSR count). The zero-order chi connectivity index (χ0) is 29.4. The van der Waals surface area contributed by atoms with Crippen LogP contribution < -0.4 is 19.7 Å². The highest BCUT2D eigenvalue weighted by molar-refractivity contribution is 8.00. The standard InChI is InChI=1S/C31H42F2N6OS/c1-6-9-10-12-22(11-7-2)38(4)27-19-35-31-29(36-27)24(21-16-23(40-5)18-34-17-21)20-39(31)30-25(32)13-14-26(28(30)33)37-41-15-8-3/h13-14,16-20,22,29,36-37H,6-12,15H2,1-5H3. The van der Waals surface area contributed by atoms with Crippen molar-refractivity contribution in [3.63, 3.8) is 0 Å². The van der Waals surface area contributed by atoms with E-state index in [0.717, 1.165) is 48.4 Å². The molecular weight excluding hydrogens is 542 g/mol. The van der Waals surface area contributed by atoms with Gasteiger partial charge in [0.1, 0.15) is 35.0 Å². The van der Waals surface area contributed by atoms with E-state index in [1.54, 1.807) is 31.9 Å². The van der Waals surface area contributed by atoms with E-state index in [-0.39, 0.29) is 11.4 Å². The van der Waals surface area contributed by atoms with Crippen LogP contribution in [0.15, 0.2) is 53.8 Å². The molecule has 0 fully saturated rings. The Morgan fingerprint density at radius 2 is 1.95 bits per heavy atom. The fourth-order valence-corrected chi connectivity index (χ4v) is 5.83. The summed E-state index contributed by atoms with van der Waals surface area (Å²) < 4.78 is 39.6. The number of hydrogen-bond acceptors (Lipinski definition) is 8. The summed E-state index contributed by atoms with van der Waals surface area (Å²) in [6.07, 6.45) is 14.6. The summed E-state index contributed by atoms with van der Waals surface area (Å²) in [6.45, 7) is 6.47. The fourth-order valence-electron chi connectivity index (χ4n) is 5.21. The van der Waals surface area contributed by atoms with E-state index in [0.29, 0.717) is 17.6 Å². The van der Waals surface area contributed by atoms with Crippen molar-refractivity contribution in [3.8, 4) is 5.75 Å². The maximum absolute atomic E-state index is 15.8. The Morgan fingerprint density at radius 1 is 1.12 bits per heavy atom. The Labute approximate surface area is 247 Å². The third-order valence-corrected chi connectivity index (χ3v) is 8.44. The molecule has 0 saturated heterocycles. The molecule has 2 N–H and O–H groups in total. The summed E-state index contributed by atoms with van der Waals surface area (Å²) in [5.74, 6) is 1.45. The number of pyridine rings is 1. The van der Waals surface area contributed by atoms with Gasteiger partial charge >= 0.3 is 0 Å². The number of aliphatic imine (C=N–C) groups is 1. The van der Waals surface area contributed by atoms with Crippen LogP contribution in [0, 0.1) is 11.6 Å². The third-order valence-electron chi connectivity index (χ3n) is 7.46. The van der Waals surface area contributed by atoms with E-state index in [1.807, 2.05) is 13.0 Å². The van der Waals surface area contributed by atoms with Gasteiger partial charge in [-0.2, -0.15) is 0 Å². The van der Waals surface area contributed by atoms with Gasteiger partial charge in [0.25, 0.3) is 0 Å². The molecule has 0 saturated carbocycles. The van der Waals surface area contributed by atoms with Crippen molar-refractivity contribution >= 4 is 34.7 Å². The fraction of sp³-hybridized carbons (Fsp3) is 0.484. The lowest BCUT2D eigenvalue weighted by atomic mass is 10.0. The molecule has 3 heterocycles. The minimum absolute atomic E-state index is 0.169. The average molecular weight is 585 g/mol. The molecule has 0 amide bonds. The molecule has 2 aromatic rings. The maximum atomic E-state index is 15.8. The molecule has 1 aromatic carbocycles. The predicted molar refractivity (Wildman–Crippen MR) is 167 cm³/mol. The van der Waals surface area contributed by atoms with E-state index in [4.69, 9.17) is 9.73 Å². The normalized spacial score (nSPS) is 16.8. The number of unbranched alkanes of at least 4 members (excludes halogenated alkanes) is 2. The number of nitrogens with zero attached hydrogens (tertiary/aromatic N) is 4. The second-order valence-electron chi connectivity index (χ2n) is 10.4. The quantitative estimate of drug-likeness (QED) is 0.166. The van der Waals surface area contributed by atoms with Crippen LogP contribution in [0.5, 0.6) is 5.75 Å². The minimum atomic E-state index is -0.665. The van der Waals surface area contributed by atoms with E-state index in [1.165, 1.54) is 48.2 Å². The molecule has 10 heteroatoms. The number of halogens is 2.